The molecule has 2 aromatic rings. The van der Waals surface area contributed by atoms with Gasteiger partial charge in [-0.05, 0) is 54.8 Å². The minimum atomic E-state index is -0.230. The van der Waals surface area contributed by atoms with Crippen LogP contribution in [0.3, 0.4) is 0 Å². The van der Waals surface area contributed by atoms with E-state index in [4.69, 9.17) is 0 Å². The van der Waals surface area contributed by atoms with Crippen molar-refractivity contribution in [1.29, 1.82) is 0 Å². The maximum absolute atomic E-state index is 12.0. The molecule has 106 valence electrons. The molecule has 0 aliphatic carbocycles. The highest BCUT2D eigenvalue weighted by molar-refractivity contribution is 7.10. The Morgan fingerprint density at radius 1 is 1.19 bits per heavy atom. The molecule has 0 saturated heterocycles. The number of anilines is 1. The van der Waals surface area contributed by atoms with E-state index in [1.807, 2.05) is 17.5 Å². The first-order valence-electron chi connectivity index (χ1n) is 6.39. The molecule has 0 fully saturated rings. The van der Waals surface area contributed by atoms with Gasteiger partial charge in [0.25, 0.3) is 5.91 Å². The standard InChI is InChI=1S/C17H15NO2S/c1-12(2)17(20)18-14-7-5-13(6-8-14)16(19)10-9-15-4-3-11-21-15/h3-11H,1H2,2H3,(H,18,20). The van der Waals surface area contributed by atoms with Crippen LogP contribution in [-0.4, -0.2) is 11.7 Å². The molecule has 0 saturated carbocycles. The van der Waals surface area contributed by atoms with Crippen molar-refractivity contribution in [3.63, 3.8) is 0 Å². The summed E-state index contributed by atoms with van der Waals surface area (Å²) in [5.74, 6) is -0.298. The molecular weight excluding hydrogens is 282 g/mol. The number of thiophene rings is 1. The van der Waals surface area contributed by atoms with Crippen LogP contribution in [0.4, 0.5) is 5.69 Å². The lowest BCUT2D eigenvalue weighted by molar-refractivity contribution is -0.112. The van der Waals surface area contributed by atoms with Gasteiger partial charge in [-0.15, -0.1) is 11.3 Å². The van der Waals surface area contributed by atoms with Crippen LogP contribution in [0.25, 0.3) is 6.08 Å². The highest BCUT2D eigenvalue weighted by atomic mass is 32.1. The number of carbonyl (C=O) groups excluding carboxylic acids is 2. The average Bonchev–Trinajstić information content (AvgIpc) is 2.98. The predicted octanol–water partition coefficient (Wildman–Crippen LogP) is 4.16. The molecule has 1 amide bonds. The van der Waals surface area contributed by atoms with Crippen LogP contribution in [0.5, 0.6) is 0 Å². The van der Waals surface area contributed by atoms with Crippen molar-refractivity contribution in [2.75, 3.05) is 5.32 Å². The monoisotopic (exact) mass is 297 g/mol. The van der Waals surface area contributed by atoms with E-state index in [-0.39, 0.29) is 11.7 Å². The number of hydrogen-bond acceptors (Lipinski definition) is 3. The number of carbonyl (C=O) groups is 2. The summed E-state index contributed by atoms with van der Waals surface area (Å²) in [6.45, 7) is 5.21. The number of benzene rings is 1. The topological polar surface area (TPSA) is 46.2 Å². The van der Waals surface area contributed by atoms with Gasteiger partial charge in [0.15, 0.2) is 5.78 Å². The lowest BCUT2D eigenvalue weighted by Crippen LogP contribution is -2.11. The maximum Gasteiger partial charge on any atom is 0.250 e. The van der Waals surface area contributed by atoms with Gasteiger partial charge >= 0.3 is 0 Å². The second kappa shape index (κ2) is 6.81. The Morgan fingerprint density at radius 3 is 2.48 bits per heavy atom. The van der Waals surface area contributed by atoms with E-state index in [0.29, 0.717) is 16.8 Å². The molecule has 0 aliphatic rings. The lowest BCUT2D eigenvalue weighted by atomic mass is 10.1. The van der Waals surface area contributed by atoms with Gasteiger partial charge in [0, 0.05) is 21.7 Å². The van der Waals surface area contributed by atoms with E-state index in [9.17, 15) is 9.59 Å². The zero-order chi connectivity index (χ0) is 15.2. The summed E-state index contributed by atoms with van der Waals surface area (Å²) in [6, 6.07) is 10.7. The molecule has 4 heteroatoms. The normalized spacial score (nSPS) is 10.5. The number of rotatable bonds is 5. The molecule has 1 N–H and O–H groups in total. The molecule has 1 heterocycles. The van der Waals surface area contributed by atoms with Crippen molar-refractivity contribution in [2.24, 2.45) is 0 Å². The second-order valence-electron chi connectivity index (χ2n) is 4.52. The molecule has 0 unspecified atom stereocenters. The van der Waals surface area contributed by atoms with Crippen molar-refractivity contribution in [1.82, 2.24) is 0 Å². The third kappa shape index (κ3) is 4.26. The Labute approximate surface area is 127 Å². The van der Waals surface area contributed by atoms with Gasteiger partial charge in [-0.3, -0.25) is 9.59 Å². The fourth-order valence-corrected chi connectivity index (χ4v) is 2.21. The van der Waals surface area contributed by atoms with E-state index in [0.717, 1.165) is 4.88 Å². The average molecular weight is 297 g/mol. The molecule has 0 atom stereocenters. The predicted molar refractivity (Wildman–Crippen MR) is 87.6 cm³/mol. The van der Waals surface area contributed by atoms with Crippen LogP contribution >= 0.6 is 11.3 Å². The van der Waals surface area contributed by atoms with E-state index in [1.165, 1.54) is 0 Å². The Morgan fingerprint density at radius 2 is 1.90 bits per heavy atom. The molecular formula is C17H15NO2S. The summed E-state index contributed by atoms with van der Waals surface area (Å²) >= 11 is 1.58. The van der Waals surface area contributed by atoms with Gasteiger partial charge in [-0.1, -0.05) is 12.6 Å². The van der Waals surface area contributed by atoms with Crippen molar-refractivity contribution >= 4 is 34.8 Å². The maximum atomic E-state index is 12.0. The van der Waals surface area contributed by atoms with Crippen LogP contribution in [0.1, 0.15) is 22.2 Å². The Hall–Kier alpha value is -2.46. The molecule has 21 heavy (non-hydrogen) atoms. The van der Waals surface area contributed by atoms with Gasteiger partial charge in [-0.25, -0.2) is 0 Å². The van der Waals surface area contributed by atoms with Crippen molar-refractivity contribution in [3.8, 4) is 0 Å². The van der Waals surface area contributed by atoms with Crippen LogP contribution < -0.4 is 5.32 Å². The number of hydrogen-bond donors (Lipinski definition) is 1. The van der Waals surface area contributed by atoms with Crippen molar-refractivity contribution in [2.45, 2.75) is 6.92 Å². The Kier molecular flexibility index (Phi) is 4.85. The fourth-order valence-electron chi connectivity index (χ4n) is 1.60. The van der Waals surface area contributed by atoms with Crippen molar-refractivity contribution < 1.29 is 9.59 Å². The fraction of sp³-hybridized carbons (Fsp3) is 0.0588. The minimum Gasteiger partial charge on any atom is -0.322 e. The first kappa shape index (κ1) is 14.9. The highest BCUT2D eigenvalue weighted by Crippen LogP contribution is 2.14. The third-order valence-electron chi connectivity index (χ3n) is 2.76. The van der Waals surface area contributed by atoms with E-state index in [2.05, 4.69) is 11.9 Å². The summed E-state index contributed by atoms with van der Waals surface area (Å²) in [4.78, 5) is 24.5. The summed E-state index contributed by atoms with van der Waals surface area (Å²) in [5.41, 5.74) is 1.66. The summed E-state index contributed by atoms with van der Waals surface area (Å²) < 4.78 is 0. The molecule has 1 aromatic heterocycles. The number of nitrogens with one attached hydrogen (secondary N) is 1. The largest absolute Gasteiger partial charge is 0.322 e. The van der Waals surface area contributed by atoms with E-state index < -0.39 is 0 Å². The van der Waals surface area contributed by atoms with Crippen molar-refractivity contribution in [3.05, 3.63) is 70.4 Å². The van der Waals surface area contributed by atoms with Gasteiger partial charge in [0.2, 0.25) is 0 Å². The first-order valence-corrected chi connectivity index (χ1v) is 7.27. The zero-order valence-corrected chi connectivity index (χ0v) is 12.4. The zero-order valence-electron chi connectivity index (χ0n) is 11.6. The van der Waals surface area contributed by atoms with Crippen LogP contribution in [-0.2, 0) is 4.79 Å². The van der Waals surface area contributed by atoms with E-state index >= 15 is 0 Å². The summed E-state index contributed by atoms with van der Waals surface area (Å²) in [6.07, 6.45) is 3.34. The number of amides is 1. The Bertz CT molecular complexity index is 682. The van der Waals surface area contributed by atoms with Crippen LogP contribution in [0.15, 0.2) is 60.0 Å². The summed E-state index contributed by atoms with van der Waals surface area (Å²) in [7, 11) is 0. The number of ketones is 1. The molecule has 2 rings (SSSR count). The smallest absolute Gasteiger partial charge is 0.250 e. The van der Waals surface area contributed by atoms with Gasteiger partial charge in [-0.2, -0.15) is 0 Å². The molecule has 3 nitrogen and oxygen atoms in total. The quantitative estimate of drug-likeness (QED) is 0.665. The van der Waals surface area contributed by atoms with Gasteiger partial charge in [0.05, 0.1) is 0 Å². The molecule has 0 radical (unpaired) electrons. The molecule has 0 aliphatic heterocycles. The van der Waals surface area contributed by atoms with E-state index in [1.54, 1.807) is 54.7 Å². The first-order chi connectivity index (χ1) is 10.1. The van der Waals surface area contributed by atoms with Gasteiger partial charge < -0.3 is 5.32 Å². The van der Waals surface area contributed by atoms with Gasteiger partial charge in [0.1, 0.15) is 0 Å². The van der Waals surface area contributed by atoms with Crippen LogP contribution in [0, 0.1) is 0 Å². The third-order valence-corrected chi connectivity index (χ3v) is 3.59. The minimum absolute atomic E-state index is 0.0684. The highest BCUT2D eigenvalue weighted by Gasteiger charge is 2.05. The van der Waals surface area contributed by atoms with Crippen LogP contribution in [0.2, 0.25) is 0 Å². The SMILES string of the molecule is C=C(C)C(=O)Nc1ccc(C(=O)C=Cc2cccs2)cc1. The Balaban J connectivity index is 2.03. The second-order valence-corrected chi connectivity index (χ2v) is 5.50. The lowest BCUT2D eigenvalue weighted by Gasteiger charge is -2.04. The molecule has 0 bridgehead atoms. The number of allylic oxidation sites excluding steroid dienone is 1. The molecule has 0 spiro atoms. The molecule has 1 aromatic carbocycles. The summed E-state index contributed by atoms with van der Waals surface area (Å²) in [5, 5.41) is 4.66.